The minimum Gasteiger partial charge on any atom is -0.493 e. The van der Waals surface area contributed by atoms with Crippen molar-refractivity contribution in [3.8, 4) is 17.2 Å². The van der Waals surface area contributed by atoms with Crippen molar-refractivity contribution in [1.82, 2.24) is 10.6 Å². The first-order valence-electron chi connectivity index (χ1n) is 9.28. The fourth-order valence-electron chi connectivity index (χ4n) is 2.49. The Morgan fingerprint density at radius 1 is 1.07 bits per heavy atom. The largest absolute Gasteiger partial charge is 0.493 e. The maximum atomic E-state index is 12.4. The van der Waals surface area contributed by atoms with E-state index in [9.17, 15) is 4.79 Å². The second kappa shape index (κ2) is 12.2. The maximum absolute atomic E-state index is 12.4. The zero-order chi connectivity index (χ0) is 21.9. The van der Waals surface area contributed by atoms with E-state index < -0.39 is 0 Å². The highest BCUT2D eigenvalue weighted by Crippen LogP contribution is 2.32. The summed E-state index contributed by atoms with van der Waals surface area (Å²) in [5.41, 5.74) is 1.21. The molecule has 0 saturated carbocycles. The molecule has 0 spiro atoms. The smallest absolute Gasteiger partial charge is 0.257 e. The highest BCUT2D eigenvalue weighted by molar-refractivity contribution is 7.80. The molecule has 0 atom stereocenters. The van der Waals surface area contributed by atoms with Crippen molar-refractivity contribution in [2.75, 3.05) is 34.0 Å². The van der Waals surface area contributed by atoms with Crippen molar-refractivity contribution in [3.05, 3.63) is 52.5 Å². The Morgan fingerprint density at radius 3 is 2.37 bits per heavy atom. The third-order valence-electron chi connectivity index (χ3n) is 4.04. The SMILES string of the molecule is CCOCCOc1ccc(C(=O)NC(=S)NCc2cc(OC)c(OC)cc2Cl)cc1. The van der Waals surface area contributed by atoms with Gasteiger partial charge in [0, 0.05) is 29.8 Å². The average Bonchev–Trinajstić information content (AvgIpc) is 2.76. The van der Waals surface area contributed by atoms with Gasteiger partial charge in [0.2, 0.25) is 0 Å². The van der Waals surface area contributed by atoms with Crippen LogP contribution in [0.1, 0.15) is 22.8 Å². The van der Waals surface area contributed by atoms with Crippen LogP contribution in [0.15, 0.2) is 36.4 Å². The van der Waals surface area contributed by atoms with Crippen molar-refractivity contribution in [2.45, 2.75) is 13.5 Å². The van der Waals surface area contributed by atoms with E-state index in [4.69, 9.17) is 42.8 Å². The van der Waals surface area contributed by atoms with Gasteiger partial charge >= 0.3 is 0 Å². The molecule has 0 radical (unpaired) electrons. The molecule has 0 fully saturated rings. The van der Waals surface area contributed by atoms with Crippen LogP contribution in [0.4, 0.5) is 0 Å². The van der Waals surface area contributed by atoms with E-state index in [2.05, 4.69) is 10.6 Å². The van der Waals surface area contributed by atoms with Crippen LogP contribution in [0.25, 0.3) is 0 Å². The number of carbonyl (C=O) groups is 1. The lowest BCUT2D eigenvalue weighted by molar-refractivity contribution is 0.0976. The Bertz CT molecular complexity index is 861. The minimum atomic E-state index is -0.327. The lowest BCUT2D eigenvalue weighted by atomic mass is 10.2. The Morgan fingerprint density at radius 2 is 1.73 bits per heavy atom. The summed E-state index contributed by atoms with van der Waals surface area (Å²) in [6.07, 6.45) is 0. The van der Waals surface area contributed by atoms with Crippen LogP contribution in [0, 0.1) is 0 Å². The summed E-state index contributed by atoms with van der Waals surface area (Å²) >= 11 is 11.5. The van der Waals surface area contributed by atoms with E-state index in [0.29, 0.717) is 54.2 Å². The number of benzene rings is 2. The normalized spacial score (nSPS) is 10.3. The lowest BCUT2D eigenvalue weighted by Gasteiger charge is -2.14. The first-order chi connectivity index (χ1) is 14.5. The molecule has 0 bridgehead atoms. The van der Waals surface area contributed by atoms with Gasteiger partial charge in [-0.1, -0.05) is 11.6 Å². The van der Waals surface area contributed by atoms with Crippen LogP contribution in [-0.4, -0.2) is 45.1 Å². The number of halogens is 1. The Hall–Kier alpha value is -2.55. The van der Waals surface area contributed by atoms with Crippen molar-refractivity contribution >= 4 is 34.8 Å². The molecular formula is C21H25ClN2O5S. The summed E-state index contributed by atoms with van der Waals surface area (Å²) in [5.74, 6) is 1.42. The Balaban J connectivity index is 1.87. The molecule has 162 valence electrons. The Kier molecular flexibility index (Phi) is 9.66. The van der Waals surface area contributed by atoms with Crippen LogP contribution >= 0.6 is 23.8 Å². The predicted octanol–water partition coefficient (Wildman–Crippen LogP) is 3.58. The van der Waals surface area contributed by atoms with Crippen LogP contribution in [0.2, 0.25) is 5.02 Å². The molecule has 0 aromatic heterocycles. The van der Waals surface area contributed by atoms with Gasteiger partial charge in [0.25, 0.3) is 5.91 Å². The van der Waals surface area contributed by atoms with Gasteiger partial charge in [-0.05, 0) is 55.0 Å². The van der Waals surface area contributed by atoms with Crippen molar-refractivity contribution in [1.29, 1.82) is 0 Å². The molecule has 0 aliphatic rings. The van der Waals surface area contributed by atoms with Gasteiger partial charge < -0.3 is 24.3 Å². The van der Waals surface area contributed by atoms with Gasteiger partial charge in [-0.15, -0.1) is 0 Å². The number of rotatable bonds is 10. The second-order valence-electron chi connectivity index (χ2n) is 6.01. The first-order valence-corrected chi connectivity index (χ1v) is 10.1. The molecule has 7 nitrogen and oxygen atoms in total. The molecule has 2 rings (SSSR count). The summed E-state index contributed by atoms with van der Waals surface area (Å²) in [7, 11) is 3.08. The first kappa shape index (κ1) is 23.7. The molecule has 2 aromatic carbocycles. The van der Waals surface area contributed by atoms with Gasteiger partial charge in [-0.25, -0.2) is 0 Å². The van der Waals surface area contributed by atoms with Crippen molar-refractivity contribution < 1.29 is 23.7 Å². The number of carbonyl (C=O) groups excluding carboxylic acids is 1. The standard InChI is InChI=1S/C21H25ClN2O5S/c1-4-28-9-10-29-16-7-5-14(6-8-16)20(25)24-21(30)23-13-15-11-18(26-2)19(27-3)12-17(15)22/h5-8,11-12H,4,9-10,13H2,1-3H3,(H2,23,24,25,30). The quantitative estimate of drug-likeness (QED) is 0.421. The van der Waals surface area contributed by atoms with Crippen LogP contribution in [0.5, 0.6) is 17.2 Å². The molecule has 0 heterocycles. The zero-order valence-corrected chi connectivity index (χ0v) is 18.7. The number of ether oxygens (including phenoxy) is 4. The summed E-state index contributed by atoms with van der Waals surface area (Å²) in [5, 5.41) is 6.28. The summed E-state index contributed by atoms with van der Waals surface area (Å²) in [6, 6.07) is 10.2. The monoisotopic (exact) mass is 452 g/mol. The van der Waals surface area contributed by atoms with Gasteiger partial charge in [0.05, 0.1) is 20.8 Å². The second-order valence-corrected chi connectivity index (χ2v) is 6.82. The van der Waals surface area contributed by atoms with Crippen LogP contribution < -0.4 is 24.8 Å². The van der Waals surface area contributed by atoms with Gasteiger partial charge in [-0.2, -0.15) is 0 Å². The van der Waals surface area contributed by atoms with E-state index in [1.165, 1.54) is 7.11 Å². The van der Waals surface area contributed by atoms with Gasteiger partial charge in [0.15, 0.2) is 16.6 Å². The molecule has 0 aliphatic carbocycles. The van der Waals surface area contributed by atoms with Gasteiger partial charge in [0.1, 0.15) is 12.4 Å². The number of amides is 1. The van der Waals surface area contributed by atoms with Crippen molar-refractivity contribution in [2.24, 2.45) is 0 Å². The maximum Gasteiger partial charge on any atom is 0.257 e. The highest BCUT2D eigenvalue weighted by atomic mass is 35.5. The molecule has 0 unspecified atom stereocenters. The molecule has 30 heavy (non-hydrogen) atoms. The number of hydrogen-bond acceptors (Lipinski definition) is 6. The fourth-order valence-corrected chi connectivity index (χ4v) is 2.88. The number of hydrogen-bond donors (Lipinski definition) is 2. The highest BCUT2D eigenvalue weighted by Gasteiger charge is 2.12. The van der Waals surface area contributed by atoms with E-state index in [0.717, 1.165) is 5.56 Å². The Labute approximate surface area is 186 Å². The third kappa shape index (κ3) is 7.05. The van der Waals surface area contributed by atoms with E-state index in [-0.39, 0.29) is 11.0 Å². The minimum absolute atomic E-state index is 0.183. The van der Waals surface area contributed by atoms with E-state index >= 15 is 0 Å². The topological polar surface area (TPSA) is 78.1 Å². The van der Waals surface area contributed by atoms with E-state index in [1.54, 1.807) is 43.5 Å². The van der Waals surface area contributed by atoms with Gasteiger partial charge in [-0.3, -0.25) is 10.1 Å². The fraction of sp³-hybridized carbons (Fsp3) is 0.333. The summed E-state index contributed by atoms with van der Waals surface area (Å²) in [4.78, 5) is 12.4. The molecule has 9 heteroatoms. The summed E-state index contributed by atoms with van der Waals surface area (Å²) < 4.78 is 21.2. The third-order valence-corrected chi connectivity index (χ3v) is 4.63. The number of nitrogens with one attached hydrogen (secondary N) is 2. The predicted molar refractivity (Wildman–Crippen MR) is 120 cm³/mol. The number of thiocarbonyl (C=S) groups is 1. The molecular weight excluding hydrogens is 428 g/mol. The molecule has 0 saturated heterocycles. The zero-order valence-electron chi connectivity index (χ0n) is 17.1. The summed E-state index contributed by atoms with van der Waals surface area (Å²) in [6.45, 7) is 3.85. The molecule has 2 N–H and O–H groups in total. The number of methoxy groups -OCH3 is 2. The molecule has 2 aromatic rings. The average molecular weight is 453 g/mol. The van der Waals surface area contributed by atoms with E-state index in [1.807, 2.05) is 6.92 Å². The molecule has 0 aliphatic heterocycles. The van der Waals surface area contributed by atoms with Crippen molar-refractivity contribution in [3.63, 3.8) is 0 Å². The molecule has 1 amide bonds. The van der Waals surface area contributed by atoms with Crippen LogP contribution in [-0.2, 0) is 11.3 Å². The lowest BCUT2D eigenvalue weighted by Crippen LogP contribution is -2.38. The van der Waals surface area contributed by atoms with Crippen LogP contribution in [0.3, 0.4) is 0 Å².